The van der Waals surface area contributed by atoms with Gasteiger partial charge in [0.25, 0.3) is 0 Å². The van der Waals surface area contributed by atoms with E-state index >= 15 is 0 Å². The number of pyridine rings is 1. The Labute approximate surface area is 136 Å². The summed E-state index contributed by atoms with van der Waals surface area (Å²) in [6.45, 7) is 0. The minimum Gasteiger partial charge on any atom is -0.367 e. The lowest BCUT2D eigenvalue weighted by Gasteiger charge is -2.30. The van der Waals surface area contributed by atoms with E-state index in [1.807, 2.05) is 0 Å². The van der Waals surface area contributed by atoms with Gasteiger partial charge >= 0.3 is 5.91 Å². The molecule has 2 saturated carbocycles. The van der Waals surface area contributed by atoms with Gasteiger partial charge in [-0.05, 0) is 67.9 Å². The highest BCUT2D eigenvalue weighted by molar-refractivity contribution is 5.96. The summed E-state index contributed by atoms with van der Waals surface area (Å²) in [5.41, 5.74) is 2.55. The minimum atomic E-state index is -0.682. The SMILES string of the molecule is O=NC(=O)c1cnc(NC2C[C@H]3CC[C@@H](C2)C3)c2c1CCCC2. The maximum atomic E-state index is 11.7. The second-order valence-electron chi connectivity index (χ2n) is 7.44. The van der Waals surface area contributed by atoms with Crippen molar-refractivity contribution < 1.29 is 4.79 Å². The van der Waals surface area contributed by atoms with Gasteiger partial charge in [-0.2, -0.15) is 0 Å². The van der Waals surface area contributed by atoms with Gasteiger partial charge < -0.3 is 5.32 Å². The quantitative estimate of drug-likeness (QED) is 0.860. The van der Waals surface area contributed by atoms with Gasteiger partial charge in [-0.3, -0.25) is 4.79 Å². The van der Waals surface area contributed by atoms with Crippen LogP contribution >= 0.6 is 0 Å². The molecule has 3 atom stereocenters. The van der Waals surface area contributed by atoms with Crippen molar-refractivity contribution in [3.05, 3.63) is 27.8 Å². The zero-order valence-corrected chi connectivity index (χ0v) is 13.4. The number of aromatic nitrogens is 1. The number of nitrogens with one attached hydrogen (secondary N) is 1. The molecule has 0 radical (unpaired) electrons. The highest BCUT2D eigenvalue weighted by Gasteiger charge is 2.34. The van der Waals surface area contributed by atoms with Crippen LogP contribution < -0.4 is 5.32 Å². The zero-order chi connectivity index (χ0) is 15.8. The number of amides is 1. The van der Waals surface area contributed by atoms with Crippen molar-refractivity contribution in [2.24, 2.45) is 17.0 Å². The molecule has 5 nitrogen and oxygen atoms in total. The van der Waals surface area contributed by atoms with Gasteiger partial charge in [0, 0.05) is 17.4 Å². The predicted octanol–water partition coefficient (Wildman–Crippen LogP) is 3.86. The van der Waals surface area contributed by atoms with Gasteiger partial charge in [-0.15, -0.1) is 4.91 Å². The van der Waals surface area contributed by atoms with Gasteiger partial charge in [0.05, 0.1) is 5.56 Å². The summed E-state index contributed by atoms with van der Waals surface area (Å²) < 4.78 is 0. The Kier molecular flexibility index (Phi) is 3.87. The largest absolute Gasteiger partial charge is 0.367 e. The molecule has 5 heteroatoms. The number of anilines is 1. The average Bonchev–Trinajstić information content (AvgIpc) is 2.93. The van der Waals surface area contributed by atoms with Crippen molar-refractivity contribution in [3.63, 3.8) is 0 Å². The zero-order valence-electron chi connectivity index (χ0n) is 13.4. The van der Waals surface area contributed by atoms with Crippen LogP contribution in [0, 0.1) is 16.7 Å². The summed E-state index contributed by atoms with van der Waals surface area (Å²) in [6.07, 6.45) is 12.2. The molecule has 2 fully saturated rings. The summed E-state index contributed by atoms with van der Waals surface area (Å²) in [6, 6.07) is 0.505. The van der Waals surface area contributed by atoms with Crippen LogP contribution in [0.5, 0.6) is 0 Å². The van der Waals surface area contributed by atoms with Crippen molar-refractivity contribution in [2.75, 3.05) is 5.32 Å². The second kappa shape index (κ2) is 6.02. The number of hydrogen-bond donors (Lipinski definition) is 1. The molecule has 1 amide bonds. The third-order valence-electron chi connectivity index (χ3n) is 5.94. The first-order chi connectivity index (χ1) is 11.2. The molecular weight excluding hydrogens is 290 g/mol. The molecule has 1 heterocycles. The van der Waals surface area contributed by atoms with Crippen LogP contribution in [0.4, 0.5) is 5.82 Å². The van der Waals surface area contributed by atoms with Gasteiger partial charge in [-0.1, -0.05) is 12.8 Å². The maximum Gasteiger partial charge on any atom is 0.318 e. The number of rotatable bonds is 3. The molecule has 1 aromatic heterocycles. The first-order valence-electron chi connectivity index (χ1n) is 8.89. The Morgan fingerprint density at radius 2 is 1.78 bits per heavy atom. The topological polar surface area (TPSA) is 71.4 Å². The highest BCUT2D eigenvalue weighted by Crippen LogP contribution is 2.43. The summed E-state index contributed by atoms with van der Waals surface area (Å²) in [4.78, 5) is 26.9. The maximum absolute atomic E-state index is 11.7. The molecule has 0 spiro atoms. The van der Waals surface area contributed by atoms with E-state index < -0.39 is 5.91 Å². The van der Waals surface area contributed by atoms with Crippen LogP contribution in [0.3, 0.4) is 0 Å². The Morgan fingerprint density at radius 1 is 1.09 bits per heavy atom. The molecule has 23 heavy (non-hydrogen) atoms. The molecule has 4 rings (SSSR count). The molecule has 0 aromatic carbocycles. The van der Waals surface area contributed by atoms with E-state index in [-0.39, 0.29) is 0 Å². The summed E-state index contributed by atoms with van der Waals surface area (Å²) in [5, 5.41) is 6.25. The monoisotopic (exact) mass is 313 g/mol. The lowest BCUT2D eigenvalue weighted by molar-refractivity contribution is 0.0999. The van der Waals surface area contributed by atoms with Gasteiger partial charge in [0.1, 0.15) is 5.82 Å². The average molecular weight is 313 g/mol. The summed E-state index contributed by atoms with van der Waals surface area (Å²) in [7, 11) is 0. The normalized spacial score (nSPS) is 29.0. The van der Waals surface area contributed by atoms with Crippen LogP contribution in [0.15, 0.2) is 11.4 Å². The Bertz CT molecular complexity index is 631. The van der Waals surface area contributed by atoms with Crippen molar-refractivity contribution in [1.29, 1.82) is 0 Å². The Hall–Kier alpha value is -1.78. The standard InChI is InChI=1S/C18H23N3O2/c22-18(21-23)16-10-19-17(15-4-2-1-3-14(15)16)20-13-8-11-5-6-12(7-11)9-13/h10-13H,1-9H2,(H,19,20)/t11-,12+,13?. The van der Waals surface area contributed by atoms with E-state index in [0.29, 0.717) is 11.6 Å². The fraction of sp³-hybridized carbons (Fsp3) is 0.667. The second-order valence-corrected chi connectivity index (χ2v) is 7.44. The third-order valence-corrected chi connectivity index (χ3v) is 5.94. The van der Waals surface area contributed by atoms with Gasteiger partial charge in [0.15, 0.2) is 0 Å². The molecular formula is C18H23N3O2. The molecule has 1 N–H and O–H groups in total. The molecule has 3 aliphatic carbocycles. The summed E-state index contributed by atoms with van der Waals surface area (Å²) in [5.74, 6) is 2.01. The van der Waals surface area contributed by atoms with E-state index in [0.717, 1.165) is 54.5 Å². The van der Waals surface area contributed by atoms with E-state index in [9.17, 15) is 9.70 Å². The van der Waals surface area contributed by atoms with Crippen LogP contribution in [0.1, 0.15) is 66.4 Å². The molecule has 0 saturated heterocycles. The number of carbonyl (C=O) groups is 1. The van der Waals surface area contributed by atoms with Crippen LogP contribution in [0.2, 0.25) is 0 Å². The first-order valence-corrected chi connectivity index (χ1v) is 8.89. The van der Waals surface area contributed by atoms with Gasteiger partial charge in [-0.25, -0.2) is 4.98 Å². The van der Waals surface area contributed by atoms with Crippen molar-refractivity contribution in [3.8, 4) is 0 Å². The number of fused-ring (bicyclic) bond motifs is 3. The van der Waals surface area contributed by atoms with Crippen molar-refractivity contribution in [2.45, 2.75) is 63.8 Å². The predicted molar refractivity (Wildman–Crippen MR) is 88.5 cm³/mol. The lowest BCUT2D eigenvalue weighted by Crippen LogP contribution is -2.29. The minimum absolute atomic E-state index is 0.406. The van der Waals surface area contributed by atoms with Crippen LogP contribution in [-0.2, 0) is 12.8 Å². The highest BCUT2D eigenvalue weighted by atomic mass is 16.3. The third kappa shape index (κ3) is 2.77. The lowest BCUT2D eigenvalue weighted by atomic mass is 9.85. The molecule has 0 aliphatic heterocycles. The van der Waals surface area contributed by atoms with E-state index in [1.165, 1.54) is 32.1 Å². The summed E-state index contributed by atoms with van der Waals surface area (Å²) >= 11 is 0. The number of hydrogen-bond acceptors (Lipinski definition) is 4. The molecule has 1 aromatic rings. The number of carbonyl (C=O) groups excluding carboxylic acids is 1. The Balaban J connectivity index is 1.61. The van der Waals surface area contributed by atoms with E-state index in [1.54, 1.807) is 6.20 Å². The van der Waals surface area contributed by atoms with Gasteiger partial charge in [0.2, 0.25) is 0 Å². The van der Waals surface area contributed by atoms with Crippen molar-refractivity contribution in [1.82, 2.24) is 4.98 Å². The van der Waals surface area contributed by atoms with E-state index in [2.05, 4.69) is 15.5 Å². The first kappa shape index (κ1) is 14.8. The molecule has 122 valence electrons. The fourth-order valence-electron chi connectivity index (χ4n) is 4.93. The number of nitroso groups, excluding NO2 is 1. The fourth-order valence-corrected chi connectivity index (χ4v) is 4.93. The van der Waals surface area contributed by atoms with Crippen LogP contribution in [0.25, 0.3) is 0 Å². The van der Waals surface area contributed by atoms with E-state index in [4.69, 9.17) is 0 Å². The molecule has 3 aliphatic rings. The Morgan fingerprint density at radius 3 is 2.48 bits per heavy atom. The number of nitrogens with zero attached hydrogens (tertiary/aromatic N) is 2. The van der Waals surface area contributed by atoms with Crippen LogP contribution in [-0.4, -0.2) is 16.9 Å². The molecule has 1 unspecified atom stereocenters. The van der Waals surface area contributed by atoms with Crippen molar-refractivity contribution >= 4 is 11.7 Å². The smallest absolute Gasteiger partial charge is 0.318 e. The molecule has 2 bridgehead atoms.